The summed E-state index contributed by atoms with van der Waals surface area (Å²) in [5.41, 5.74) is 5.42. The van der Waals surface area contributed by atoms with Crippen LogP contribution in [0.3, 0.4) is 0 Å². The maximum Gasteiger partial charge on any atom is 0.0920 e. The van der Waals surface area contributed by atoms with Crippen LogP contribution in [0.15, 0.2) is 17.5 Å². The predicted octanol–water partition coefficient (Wildman–Crippen LogP) is 2.28. The normalized spacial score (nSPS) is 13.0. The van der Waals surface area contributed by atoms with E-state index >= 15 is 0 Å². The molecule has 0 aliphatic rings. The van der Waals surface area contributed by atoms with Crippen molar-refractivity contribution in [2.24, 2.45) is 5.73 Å². The number of hydrogen-bond donors (Lipinski definition) is 2. The second-order valence-corrected chi connectivity index (χ2v) is 4.75. The van der Waals surface area contributed by atoms with E-state index in [0.29, 0.717) is 12.5 Å². The Balaban J connectivity index is 2.51. The smallest absolute Gasteiger partial charge is 0.0920 e. The molecule has 0 aliphatic heterocycles. The van der Waals surface area contributed by atoms with Gasteiger partial charge in [0.1, 0.15) is 0 Å². The Kier molecular flexibility index (Phi) is 4.78. The van der Waals surface area contributed by atoms with E-state index in [1.54, 1.807) is 11.3 Å². The molecule has 0 saturated heterocycles. The second-order valence-electron chi connectivity index (χ2n) is 3.72. The van der Waals surface area contributed by atoms with E-state index in [4.69, 9.17) is 11.1 Å². The highest BCUT2D eigenvalue weighted by molar-refractivity contribution is 7.09. The predicted molar refractivity (Wildman–Crippen MR) is 66.4 cm³/mol. The highest BCUT2D eigenvalue weighted by Crippen LogP contribution is 2.14. The van der Waals surface area contributed by atoms with Gasteiger partial charge in [-0.15, -0.1) is 11.3 Å². The average molecular weight is 225 g/mol. The van der Waals surface area contributed by atoms with Gasteiger partial charge in [-0.05, 0) is 24.9 Å². The fourth-order valence-electron chi connectivity index (χ4n) is 1.63. The zero-order valence-electron chi connectivity index (χ0n) is 9.36. The average Bonchev–Trinajstić information content (AvgIpc) is 2.65. The van der Waals surface area contributed by atoms with E-state index in [1.165, 1.54) is 4.88 Å². The lowest BCUT2D eigenvalue weighted by atomic mass is 10.2. The summed E-state index contributed by atoms with van der Waals surface area (Å²) in [4.78, 5) is 3.71. The van der Waals surface area contributed by atoms with Crippen molar-refractivity contribution in [2.75, 3.05) is 6.54 Å². The number of thiophene rings is 1. The van der Waals surface area contributed by atoms with Crippen molar-refractivity contribution in [3.63, 3.8) is 0 Å². The van der Waals surface area contributed by atoms with Gasteiger partial charge in [0, 0.05) is 23.9 Å². The van der Waals surface area contributed by atoms with Gasteiger partial charge >= 0.3 is 0 Å². The van der Waals surface area contributed by atoms with E-state index in [0.717, 1.165) is 13.1 Å². The highest BCUT2D eigenvalue weighted by atomic mass is 32.1. The van der Waals surface area contributed by atoms with Crippen LogP contribution in [-0.4, -0.2) is 23.3 Å². The largest absolute Gasteiger partial charge is 0.388 e. The van der Waals surface area contributed by atoms with Crippen molar-refractivity contribution < 1.29 is 0 Å². The number of amidine groups is 1. The molecule has 0 radical (unpaired) electrons. The molecule has 1 heterocycles. The number of rotatable bonds is 6. The van der Waals surface area contributed by atoms with Gasteiger partial charge < -0.3 is 5.73 Å². The first-order valence-corrected chi connectivity index (χ1v) is 6.10. The summed E-state index contributed by atoms with van der Waals surface area (Å²) in [6.45, 7) is 6.22. The molecular formula is C11H19N3S. The molecule has 1 unspecified atom stereocenters. The molecule has 0 spiro atoms. The van der Waals surface area contributed by atoms with E-state index in [9.17, 15) is 0 Å². The third-order valence-corrected chi connectivity index (χ3v) is 3.35. The fourth-order valence-corrected chi connectivity index (χ4v) is 2.36. The van der Waals surface area contributed by atoms with Crippen molar-refractivity contribution >= 4 is 17.2 Å². The van der Waals surface area contributed by atoms with Gasteiger partial charge in [-0.2, -0.15) is 0 Å². The molecule has 4 heteroatoms. The molecule has 1 atom stereocenters. The summed E-state index contributed by atoms with van der Waals surface area (Å²) < 4.78 is 0. The molecule has 0 fully saturated rings. The van der Waals surface area contributed by atoms with Crippen LogP contribution in [0.25, 0.3) is 0 Å². The second kappa shape index (κ2) is 5.88. The molecule has 0 aromatic carbocycles. The minimum absolute atomic E-state index is 0.270. The molecule has 1 rings (SSSR count). The van der Waals surface area contributed by atoms with Crippen LogP contribution in [0.5, 0.6) is 0 Å². The summed E-state index contributed by atoms with van der Waals surface area (Å²) in [7, 11) is 0. The molecule has 1 aromatic rings. The quantitative estimate of drug-likeness (QED) is 0.576. The van der Waals surface area contributed by atoms with Gasteiger partial charge in [-0.25, -0.2) is 0 Å². The molecule has 1 aromatic heterocycles. The van der Waals surface area contributed by atoms with E-state index in [-0.39, 0.29) is 5.84 Å². The van der Waals surface area contributed by atoms with Crippen molar-refractivity contribution in [3.05, 3.63) is 22.4 Å². The van der Waals surface area contributed by atoms with Gasteiger partial charge in [0.15, 0.2) is 0 Å². The van der Waals surface area contributed by atoms with Crippen LogP contribution in [0.1, 0.15) is 25.1 Å². The lowest BCUT2D eigenvalue weighted by Crippen LogP contribution is -2.35. The Hall–Kier alpha value is -0.870. The Bertz CT molecular complexity index is 295. The van der Waals surface area contributed by atoms with Crippen LogP contribution >= 0.6 is 11.3 Å². The monoisotopic (exact) mass is 225 g/mol. The maximum atomic E-state index is 7.30. The summed E-state index contributed by atoms with van der Waals surface area (Å²) in [6.07, 6.45) is 0.652. The first kappa shape index (κ1) is 12.2. The van der Waals surface area contributed by atoms with Gasteiger partial charge in [-0.3, -0.25) is 10.3 Å². The molecule has 3 nitrogen and oxygen atoms in total. The van der Waals surface area contributed by atoms with Crippen molar-refractivity contribution in [1.82, 2.24) is 4.90 Å². The Morgan fingerprint density at radius 1 is 1.67 bits per heavy atom. The molecule has 0 aliphatic carbocycles. The summed E-state index contributed by atoms with van der Waals surface area (Å²) in [5, 5.41) is 9.39. The Morgan fingerprint density at radius 3 is 2.87 bits per heavy atom. The van der Waals surface area contributed by atoms with E-state index in [2.05, 4.69) is 36.3 Å². The topological polar surface area (TPSA) is 53.1 Å². The summed E-state index contributed by atoms with van der Waals surface area (Å²) in [6, 6.07) is 4.56. The number of hydrogen-bond acceptors (Lipinski definition) is 3. The number of nitrogens with two attached hydrogens (primary N) is 1. The van der Waals surface area contributed by atoms with Gasteiger partial charge in [0.05, 0.1) is 5.84 Å². The van der Waals surface area contributed by atoms with Crippen molar-refractivity contribution in [2.45, 2.75) is 32.9 Å². The molecule has 15 heavy (non-hydrogen) atoms. The molecular weight excluding hydrogens is 206 g/mol. The van der Waals surface area contributed by atoms with Gasteiger partial charge in [0.25, 0.3) is 0 Å². The van der Waals surface area contributed by atoms with Gasteiger partial charge in [0.2, 0.25) is 0 Å². The molecule has 0 saturated carbocycles. The van der Waals surface area contributed by atoms with E-state index < -0.39 is 0 Å². The van der Waals surface area contributed by atoms with Crippen LogP contribution in [0.2, 0.25) is 0 Å². The fraction of sp³-hybridized carbons (Fsp3) is 0.545. The Labute approximate surface area is 95.4 Å². The maximum absolute atomic E-state index is 7.30. The summed E-state index contributed by atoms with van der Waals surface area (Å²) >= 11 is 1.78. The zero-order chi connectivity index (χ0) is 11.3. The van der Waals surface area contributed by atoms with Gasteiger partial charge in [-0.1, -0.05) is 13.0 Å². The first-order chi connectivity index (χ1) is 7.13. The lowest BCUT2D eigenvalue weighted by molar-refractivity contribution is 0.217. The standard InChI is InChI=1S/C11H19N3S/c1-3-14(9(2)7-11(12)13)8-10-5-4-6-15-10/h4-6,9H,3,7-8H2,1-2H3,(H3,12,13). The third kappa shape index (κ3) is 4.01. The highest BCUT2D eigenvalue weighted by Gasteiger charge is 2.13. The SMILES string of the molecule is CCN(Cc1cccs1)C(C)CC(=N)N. The van der Waals surface area contributed by atoms with Crippen LogP contribution in [0, 0.1) is 5.41 Å². The van der Waals surface area contributed by atoms with Crippen LogP contribution in [-0.2, 0) is 6.54 Å². The molecule has 3 N–H and O–H groups in total. The number of nitrogens with zero attached hydrogens (tertiary/aromatic N) is 1. The zero-order valence-corrected chi connectivity index (χ0v) is 10.2. The summed E-state index contributed by atoms with van der Waals surface area (Å²) in [5.74, 6) is 0.270. The molecule has 0 amide bonds. The minimum atomic E-state index is 0.270. The van der Waals surface area contributed by atoms with Crippen LogP contribution < -0.4 is 5.73 Å². The molecule has 84 valence electrons. The Morgan fingerprint density at radius 2 is 2.40 bits per heavy atom. The number of nitrogens with one attached hydrogen (secondary N) is 1. The molecule has 0 bridgehead atoms. The van der Waals surface area contributed by atoms with Crippen LogP contribution in [0.4, 0.5) is 0 Å². The van der Waals surface area contributed by atoms with Crippen molar-refractivity contribution in [1.29, 1.82) is 5.41 Å². The lowest BCUT2D eigenvalue weighted by Gasteiger charge is -2.26. The van der Waals surface area contributed by atoms with E-state index in [1.807, 2.05) is 0 Å². The first-order valence-electron chi connectivity index (χ1n) is 5.22. The third-order valence-electron chi connectivity index (χ3n) is 2.48. The minimum Gasteiger partial charge on any atom is -0.388 e. The van der Waals surface area contributed by atoms with Crippen molar-refractivity contribution in [3.8, 4) is 0 Å².